The van der Waals surface area contributed by atoms with Gasteiger partial charge in [0.15, 0.2) is 0 Å². The van der Waals surface area contributed by atoms with Crippen molar-refractivity contribution in [2.75, 3.05) is 13.2 Å². The molecule has 0 aliphatic carbocycles. The molecule has 1 fully saturated rings. The molecule has 0 atom stereocenters. The van der Waals surface area contributed by atoms with Crippen LogP contribution >= 0.6 is 0 Å². The number of hydrogen-bond acceptors (Lipinski definition) is 4. The minimum Gasteiger partial charge on any atom is -0.396 e. The summed E-state index contributed by atoms with van der Waals surface area (Å²) < 4.78 is 0. The van der Waals surface area contributed by atoms with Gasteiger partial charge in [-0.2, -0.15) is 5.06 Å². The van der Waals surface area contributed by atoms with Gasteiger partial charge in [-0.15, -0.1) is 0 Å². The summed E-state index contributed by atoms with van der Waals surface area (Å²) in [5.74, 6) is 0.0986. The van der Waals surface area contributed by atoms with Crippen molar-refractivity contribution in [2.45, 2.75) is 122 Å². The van der Waals surface area contributed by atoms with Gasteiger partial charge in [0.25, 0.3) is 0 Å². The van der Waals surface area contributed by atoms with Crippen LogP contribution < -0.4 is 5.32 Å². The van der Waals surface area contributed by atoms with E-state index in [-0.39, 0.29) is 29.6 Å². The van der Waals surface area contributed by atoms with E-state index in [4.69, 9.17) is 9.94 Å². The number of piperidine rings is 1. The quantitative estimate of drug-likeness (QED) is 0.456. The van der Waals surface area contributed by atoms with Gasteiger partial charge in [0.05, 0.1) is 6.61 Å². The van der Waals surface area contributed by atoms with Crippen molar-refractivity contribution in [2.24, 2.45) is 0 Å². The average molecular weight is 385 g/mol. The first-order valence-corrected chi connectivity index (χ1v) is 11.1. The number of amides is 1. The van der Waals surface area contributed by atoms with Crippen molar-refractivity contribution in [1.82, 2.24) is 10.4 Å². The molecule has 1 heterocycles. The lowest BCUT2D eigenvalue weighted by Gasteiger charge is -2.53. The zero-order valence-corrected chi connectivity index (χ0v) is 18.5. The van der Waals surface area contributed by atoms with Gasteiger partial charge in [-0.3, -0.25) is 9.63 Å². The number of nitrogens with zero attached hydrogens (tertiary/aromatic N) is 1. The molecule has 1 aliphatic heterocycles. The lowest BCUT2D eigenvalue weighted by Crippen LogP contribution is -2.64. The van der Waals surface area contributed by atoms with Crippen molar-refractivity contribution >= 4 is 5.91 Å². The van der Waals surface area contributed by atoms with Crippen molar-refractivity contribution in [3.05, 3.63) is 0 Å². The van der Waals surface area contributed by atoms with E-state index < -0.39 is 0 Å². The van der Waals surface area contributed by atoms with Crippen LogP contribution in [0.4, 0.5) is 0 Å². The fourth-order valence-corrected chi connectivity index (χ4v) is 4.45. The second kappa shape index (κ2) is 12.0. The number of hydroxylamine groups is 2. The Bertz CT molecular complexity index is 406. The molecule has 1 saturated heterocycles. The zero-order valence-electron chi connectivity index (χ0n) is 18.5. The first-order chi connectivity index (χ1) is 12.7. The molecular weight excluding hydrogens is 340 g/mol. The Morgan fingerprint density at radius 2 is 1.59 bits per heavy atom. The minimum absolute atomic E-state index is 0.0986. The number of carbonyl (C=O) groups excluding carboxylic acids is 1. The van der Waals surface area contributed by atoms with Gasteiger partial charge in [0.2, 0.25) is 5.91 Å². The molecule has 27 heavy (non-hydrogen) atoms. The smallest absolute Gasteiger partial charge is 0.220 e. The molecular formula is C22H44N2O3. The Kier molecular flexibility index (Phi) is 10.9. The van der Waals surface area contributed by atoms with E-state index >= 15 is 0 Å². The molecule has 0 spiro atoms. The Hall–Kier alpha value is -0.650. The summed E-state index contributed by atoms with van der Waals surface area (Å²) >= 11 is 0. The summed E-state index contributed by atoms with van der Waals surface area (Å²) in [6.45, 7) is 12.0. The third kappa shape index (κ3) is 8.93. The molecule has 0 aromatic carbocycles. The van der Waals surface area contributed by atoms with Gasteiger partial charge in [-0.25, -0.2) is 0 Å². The maximum absolute atomic E-state index is 12.2. The van der Waals surface area contributed by atoms with Crippen LogP contribution in [-0.2, 0) is 9.63 Å². The summed E-state index contributed by atoms with van der Waals surface area (Å²) in [5.41, 5.74) is -0.236. The highest BCUT2D eigenvalue weighted by atomic mass is 16.7. The Balaban J connectivity index is 2.45. The van der Waals surface area contributed by atoms with E-state index in [0.29, 0.717) is 12.8 Å². The van der Waals surface area contributed by atoms with Crippen LogP contribution in [0.5, 0.6) is 0 Å². The Morgan fingerprint density at radius 1 is 1.00 bits per heavy atom. The molecule has 0 aromatic heterocycles. The Morgan fingerprint density at radius 3 is 2.19 bits per heavy atom. The zero-order chi connectivity index (χ0) is 20.3. The molecule has 160 valence electrons. The third-order valence-electron chi connectivity index (χ3n) is 5.49. The molecule has 5 nitrogen and oxygen atoms in total. The van der Waals surface area contributed by atoms with Crippen molar-refractivity contribution < 1.29 is 14.7 Å². The van der Waals surface area contributed by atoms with E-state index in [9.17, 15) is 4.79 Å². The van der Waals surface area contributed by atoms with Crippen LogP contribution in [-0.4, -0.2) is 46.4 Å². The second-order valence-electron chi connectivity index (χ2n) is 9.37. The highest BCUT2D eigenvalue weighted by Crippen LogP contribution is 2.38. The molecule has 0 bridgehead atoms. The number of aliphatic hydroxyl groups is 1. The first kappa shape index (κ1) is 24.4. The Labute approximate surface area is 167 Å². The molecule has 0 unspecified atom stereocenters. The van der Waals surface area contributed by atoms with Crippen molar-refractivity contribution in [3.8, 4) is 0 Å². The molecule has 1 aliphatic rings. The van der Waals surface area contributed by atoms with Crippen molar-refractivity contribution in [1.29, 1.82) is 0 Å². The first-order valence-electron chi connectivity index (χ1n) is 11.1. The van der Waals surface area contributed by atoms with E-state index in [1.807, 2.05) is 0 Å². The minimum atomic E-state index is -0.118. The summed E-state index contributed by atoms with van der Waals surface area (Å²) in [6.07, 6.45) is 11.3. The normalized spacial score (nSPS) is 19.9. The fraction of sp³-hybridized carbons (Fsp3) is 0.955. The van der Waals surface area contributed by atoms with Gasteiger partial charge in [0, 0.05) is 30.1 Å². The molecule has 0 saturated carbocycles. The van der Waals surface area contributed by atoms with E-state index in [2.05, 4.69) is 45.0 Å². The summed E-state index contributed by atoms with van der Waals surface area (Å²) in [7, 11) is 0. The predicted octanol–water partition coefficient (Wildman–Crippen LogP) is 4.58. The van der Waals surface area contributed by atoms with Crippen LogP contribution in [0.1, 0.15) is 105 Å². The van der Waals surface area contributed by atoms with Crippen LogP contribution in [0.3, 0.4) is 0 Å². The van der Waals surface area contributed by atoms with E-state index in [1.54, 1.807) is 0 Å². The molecule has 5 heteroatoms. The maximum atomic E-state index is 12.2. The van der Waals surface area contributed by atoms with Gasteiger partial charge in [-0.05, 0) is 59.8 Å². The maximum Gasteiger partial charge on any atom is 0.220 e. The predicted molar refractivity (Wildman–Crippen MR) is 111 cm³/mol. The third-order valence-corrected chi connectivity index (χ3v) is 5.49. The standard InChI is InChI=1S/C22H44N2O3/c1-6-7-8-9-10-13-16-27-24-21(2,3)17-19(18-22(24,4)5)23-20(26)14-11-12-15-25/h19,25H,6-18H2,1-5H3,(H,23,26). The summed E-state index contributed by atoms with van der Waals surface area (Å²) in [6, 6.07) is 0.172. The molecule has 1 amide bonds. The number of nitrogens with one attached hydrogen (secondary N) is 1. The highest BCUT2D eigenvalue weighted by Gasteiger charge is 2.46. The fourth-order valence-electron chi connectivity index (χ4n) is 4.45. The van der Waals surface area contributed by atoms with Gasteiger partial charge in [0.1, 0.15) is 0 Å². The second-order valence-corrected chi connectivity index (χ2v) is 9.37. The van der Waals surface area contributed by atoms with Crippen LogP contribution in [0.15, 0.2) is 0 Å². The number of carbonyl (C=O) groups is 1. The molecule has 0 radical (unpaired) electrons. The SMILES string of the molecule is CCCCCCCCON1C(C)(C)CC(NC(=O)CCCCO)CC1(C)C. The molecule has 2 N–H and O–H groups in total. The number of unbranched alkanes of at least 4 members (excludes halogenated alkanes) is 6. The summed E-state index contributed by atoms with van der Waals surface area (Å²) in [5, 5.41) is 14.2. The topological polar surface area (TPSA) is 61.8 Å². The van der Waals surface area contributed by atoms with Crippen LogP contribution in [0.2, 0.25) is 0 Å². The van der Waals surface area contributed by atoms with Gasteiger partial charge < -0.3 is 10.4 Å². The number of rotatable bonds is 13. The molecule has 0 aromatic rings. The average Bonchev–Trinajstić information content (AvgIpc) is 2.55. The highest BCUT2D eigenvalue weighted by molar-refractivity contribution is 5.76. The lowest BCUT2D eigenvalue weighted by molar-refractivity contribution is -0.284. The lowest BCUT2D eigenvalue weighted by atomic mass is 9.79. The van der Waals surface area contributed by atoms with Crippen LogP contribution in [0.25, 0.3) is 0 Å². The monoisotopic (exact) mass is 384 g/mol. The number of hydrogen-bond donors (Lipinski definition) is 2. The summed E-state index contributed by atoms with van der Waals surface area (Å²) in [4.78, 5) is 18.4. The largest absolute Gasteiger partial charge is 0.396 e. The van der Waals surface area contributed by atoms with E-state index in [1.165, 1.54) is 32.1 Å². The van der Waals surface area contributed by atoms with Crippen LogP contribution in [0, 0.1) is 0 Å². The number of aliphatic hydroxyl groups excluding tert-OH is 1. The molecule has 1 rings (SSSR count). The van der Waals surface area contributed by atoms with E-state index in [0.717, 1.165) is 32.3 Å². The van der Waals surface area contributed by atoms with Gasteiger partial charge >= 0.3 is 0 Å². The van der Waals surface area contributed by atoms with Crippen molar-refractivity contribution in [3.63, 3.8) is 0 Å². The van der Waals surface area contributed by atoms with Gasteiger partial charge in [-0.1, -0.05) is 39.0 Å².